The molecule has 1 amide bonds. The van der Waals surface area contributed by atoms with Crippen molar-refractivity contribution in [3.8, 4) is 11.1 Å². The predicted octanol–water partition coefficient (Wildman–Crippen LogP) is 1.29. The summed E-state index contributed by atoms with van der Waals surface area (Å²) in [5.41, 5.74) is 1.07. The number of amides is 1. The van der Waals surface area contributed by atoms with Crippen molar-refractivity contribution in [2.45, 2.75) is 6.23 Å². The van der Waals surface area contributed by atoms with Crippen LogP contribution < -0.4 is 4.90 Å². The Morgan fingerprint density at radius 1 is 1.21 bits per heavy atom. The average Bonchev–Trinajstić information content (AvgIpc) is 3.14. The van der Waals surface area contributed by atoms with Crippen molar-refractivity contribution in [3.63, 3.8) is 0 Å². The second-order valence-corrected chi connectivity index (χ2v) is 8.21. The molecule has 4 rings (SSSR count). The van der Waals surface area contributed by atoms with Gasteiger partial charge in [-0.15, -0.1) is 0 Å². The van der Waals surface area contributed by atoms with E-state index in [0.29, 0.717) is 41.5 Å². The molecule has 1 aromatic heterocycles. The Morgan fingerprint density at radius 3 is 2.68 bits per heavy atom. The van der Waals surface area contributed by atoms with Crippen molar-refractivity contribution in [2.24, 2.45) is 0 Å². The minimum atomic E-state index is -1.28. The van der Waals surface area contributed by atoms with Gasteiger partial charge >= 0.3 is 6.09 Å². The van der Waals surface area contributed by atoms with E-state index in [2.05, 4.69) is 9.97 Å². The van der Waals surface area contributed by atoms with Crippen LogP contribution in [0, 0.1) is 5.82 Å². The zero-order valence-electron chi connectivity index (χ0n) is 15.0. The first kappa shape index (κ1) is 18.8. The summed E-state index contributed by atoms with van der Waals surface area (Å²) in [5, 5.41) is 10.4. The van der Waals surface area contributed by atoms with Gasteiger partial charge in [-0.1, -0.05) is 12.1 Å². The third-order valence-electron chi connectivity index (χ3n) is 4.84. The zero-order chi connectivity index (χ0) is 19.7. The van der Waals surface area contributed by atoms with E-state index in [-0.39, 0.29) is 18.7 Å². The topological polar surface area (TPSA) is 95.9 Å². The molecular weight excluding hydrogens is 387 g/mol. The molecular formula is C18H19FN4O4S. The summed E-state index contributed by atoms with van der Waals surface area (Å²) >= 11 is 0. The van der Waals surface area contributed by atoms with E-state index in [9.17, 15) is 18.5 Å². The maximum Gasteiger partial charge on any atom is 0.412 e. The highest BCUT2D eigenvalue weighted by molar-refractivity contribution is 7.85. The van der Waals surface area contributed by atoms with Crippen LogP contribution in [0.25, 0.3) is 11.1 Å². The maximum absolute atomic E-state index is 14.9. The van der Waals surface area contributed by atoms with Crippen LogP contribution in [0.15, 0.2) is 30.7 Å². The molecule has 0 saturated carbocycles. The van der Waals surface area contributed by atoms with Crippen LogP contribution in [0.1, 0.15) is 11.8 Å². The number of rotatable bonds is 4. The van der Waals surface area contributed by atoms with Gasteiger partial charge in [0.15, 0.2) is 6.23 Å². The lowest BCUT2D eigenvalue weighted by Gasteiger charge is -2.29. The van der Waals surface area contributed by atoms with Crippen LogP contribution in [0.5, 0.6) is 0 Å². The first-order valence-corrected chi connectivity index (χ1v) is 10.3. The summed E-state index contributed by atoms with van der Waals surface area (Å²) in [6.07, 6.45) is 1.04. The Morgan fingerprint density at radius 2 is 2.00 bits per heavy atom. The number of ether oxygens (including phenoxy) is 1. The number of halogens is 1. The summed E-state index contributed by atoms with van der Waals surface area (Å²) in [7, 11) is -0.832. The van der Waals surface area contributed by atoms with Gasteiger partial charge in [-0.25, -0.2) is 19.2 Å². The third-order valence-corrected chi connectivity index (χ3v) is 6.11. The van der Waals surface area contributed by atoms with Crippen molar-refractivity contribution in [1.29, 1.82) is 0 Å². The van der Waals surface area contributed by atoms with E-state index in [1.165, 1.54) is 12.4 Å². The number of aliphatic hydroxyl groups excluding tert-OH is 1. The Balaban J connectivity index is 1.63. The average molecular weight is 406 g/mol. The lowest BCUT2D eigenvalue weighted by Crippen LogP contribution is -2.38. The van der Waals surface area contributed by atoms with Gasteiger partial charge in [0.1, 0.15) is 24.6 Å². The normalized spacial score (nSPS) is 19.0. The number of nitrogens with zero attached hydrogens (tertiary/aromatic N) is 4. The van der Waals surface area contributed by atoms with E-state index >= 15 is 0 Å². The van der Waals surface area contributed by atoms with Crippen molar-refractivity contribution in [1.82, 2.24) is 14.9 Å². The van der Waals surface area contributed by atoms with Gasteiger partial charge in [0, 0.05) is 58.3 Å². The quantitative estimate of drug-likeness (QED) is 0.817. The fourth-order valence-electron chi connectivity index (χ4n) is 3.33. The summed E-state index contributed by atoms with van der Waals surface area (Å²) in [6.45, 7) is 1.59. The Kier molecular flexibility index (Phi) is 5.23. The monoisotopic (exact) mass is 406 g/mol. The number of aliphatic hydroxyl groups is 1. The molecule has 148 valence electrons. The van der Waals surface area contributed by atoms with Crippen LogP contribution in [-0.4, -0.2) is 68.0 Å². The van der Waals surface area contributed by atoms with Gasteiger partial charge in [0.2, 0.25) is 0 Å². The Labute approximate surface area is 163 Å². The van der Waals surface area contributed by atoms with Crippen LogP contribution in [-0.2, 0) is 15.5 Å². The molecule has 2 aliphatic rings. The number of carbonyl (C=O) groups excluding carboxylic acids is 1. The first-order chi connectivity index (χ1) is 13.5. The van der Waals surface area contributed by atoms with Crippen LogP contribution in [0.3, 0.4) is 0 Å². The molecule has 2 aromatic rings. The molecule has 2 aliphatic heterocycles. The zero-order valence-corrected chi connectivity index (χ0v) is 15.8. The molecule has 8 nitrogen and oxygen atoms in total. The molecule has 2 saturated heterocycles. The summed E-state index contributed by atoms with van der Waals surface area (Å²) in [4.78, 5) is 23.0. The molecule has 2 fully saturated rings. The molecule has 3 heterocycles. The third kappa shape index (κ3) is 3.57. The minimum Gasteiger partial charge on any atom is -0.447 e. The van der Waals surface area contributed by atoms with E-state index in [1.807, 2.05) is 4.90 Å². The predicted molar refractivity (Wildman–Crippen MR) is 101 cm³/mol. The van der Waals surface area contributed by atoms with E-state index in [4.69, 9.17) is 4.74 Å². The van der Waals surface area contributed by atoms with Gasteiger partial charge < -0.3 is 14.7 Å². The van der Waals surface area contributed by atoms with E-state index in [1.54, 1.807) is 18.3 Å². The molecule has 1 N–H and O–H groups in total. The maximum atomic E-state index is 14.9. The fourth-order valence-corrected chi connectivity index (χ4v) is 4.38. The Hall–Kier alpha value is -2.59. The molecule has 0 radical (unpaired) electrons. The van der Waals surface area contributed by atoms with Crippen LogP contribution in [0.4, 0.5) is 15.0 Å². The van der Waals surface area contributed by atoms with Gasteiger partial charge in [-0.3, -0.25) is 9.11 Å². The number of hydrogen-bond donors (Lipinski definition) is 1. The standard InChI is InChI=1S/C18H19FN4O4S/c19-15-9-12(17(24)23-3-6-27-18(23)25)1-2-13(15)14-10-20-11-21-16(14)22-4-7-28(26)8-5-22/h1-2,9-11,17,24H,3-8H2/t17-/m0/s1. The molecule has 1 aromatic carbocycles. The SMILES string of the molecule is O=C1OCCN1[C@@H](O)c1ccc(-c2cncnc2N2CCS(=O)CC2)c(F)c1. The number of anilines is 1. The molecule has 28 heavy (non-hydrogen) atoms. The summed E-state index contributed by atoms with van der Waals surface area (Å²) in [6, 6.07) is 4.31. The van der Waals surface area contributed by atoms with Gasteiger partial charge in [0.25, 0.3) is 0 Å². The lowest BCUT2D eigenvalue weighted by molar-refractivity contribution is 0.0362. The van der Waals surface area contributed by atoms with E-state index in [0.717, 1.165) is 4.90 Å². The summed E-state index contributed by atoms with van der Waals surface area (Å²) < 4.78 is 31.3. The van der Waals surface area contributed by atoms with Crippen molar-refractivity contribution in [2.75, 3.05) is 42.6 Å². The molecule has 0 aliphatic carbocycles. The highest BCUT2D eigenvalue weighted by Gasteiger charge is 2.30. The van der Waals surface area contributed by atoms with Crippen molar-refractivity contribution in [3.05, 3.63) is 42.1 Å². The van der Waals surface area contributed by atoms with E-state index < -0.39 is 28.9 Å². The van der Waals surface area contributed by atoms with Gasteiger partial charge in [0.05, 0.1) is 6.54 Å². The summed E-state index contributed by atoms with van der Waals surface area (Å²) in [5.74, 6) is 1.12. The first-order valence-electron chi connectivity index (χ1n) is 8.86. The van der Waals surface area contributed by atoms with Crippen LogP contribution in [0.2, 0.25) is 0 Å². The molecule has 0 bridgehead atoms. The molecule has 1 atom stereocenters. The Bertz CT molecular complexity index is 918. The number of carbonyl (C=O) groups is 1. The number of cyclic esters (lactones) is 1. The second-order valence-electron chi connectivity index (χ2n) is 6.52. The van der Waals surface area contributed by atoms with Crippen molar-refractivity contribution >= 4 is 22.7 Å². The van der Waals surface area contributed by atoms with Crippen LogP contribution >= 0.6 is 0 Å². The highest BCUT2D eigenvalue weighted by Crippen LogP contribution is 2.33. The smallest absolute Gasteiger partial charge is 0.412 e. The molecule has 0 unspecified atom stereocenters. The van der Waals surface area contributed by atoms with Gasteiger partial charge in [-0.05, 0) is 6.07 Å². The van der Waals surface area contributed by atoms with Gasteiger partial charge in [-0.2, -0.15) is 0 Å². The number of benzene rings is 1. The fraction of sp³-hybridized carbons (Fsp3) is 0.389. The minimum absolute atomic E-state index is 0.196. The number of hydrogen-bond acceptors (Lipinski definition) is 7. The van der Waals surface area contributed by atoms with Crippen molar-refractivity contribution < 1.29 is 23.2 Å². The lowest BCUT2D eigenvalue weighted by atomic mass is 10.0. The number of aromatic nitrogens is 2. The molecule has 10 heteroatoms. The highest BCUT2D eigenvalue weighted by atomic mass is 32.2. The molecule has 0 spiro atoms. The largest absolute Gasteiger partial charge is 0.447 e. The second kappa shape index (κ2) is 7.80.